The quantitative estimate of drug-likeness (QED) is 0.277. The molecule has 7 N–H and O–H groups in total. The van der Waals surface area contributed by atoms with Crippen molar-refractivity contribution >= 4 is 29.3 Å². The molecule has 3 heterocycles. The third-order valence-electron chi connectivity index (χ3n) is 3.70. The minimum atomic E-state index is -1.33. The van der Waals surface area contributed by atoms with Crippen molar-refractivity contribution in [2.75, 3.05) is 6.61 Å². The van der Waals surface area contributed by atoms with Gasteiger partial charge in [-0.2, -0.15) is 0 Å². The second-order valence-electron chi connectivity index (χ2n) is 5.02. The molecule has 23 heavy (non-hydrogen) atoms. The van der Waals surface area contributed by atoms with Gasteiger partial charge >= 0.3 is 0 Å². The monoisotopic (exact) mass is 345 g/mol. The van der Waals surface area contributed by atoms with Gasteiger partial charge in [-0.1, -0.05) is 0 Å². The van der Waals surface area contributed by atoms with Crippen molar-refractivity contribution in [3.05, 3.63) is 28.4 Å². The Hall–Kier alpha value is -1.98. The molecule has 1 aliphatic rings. The van der Waals surface area contributed by atoms with Gasteiger partial charge in [0.15, 0.2) is 6.23 Å². The maximum atomic E-state index is 11.9. The van der Waals surface area contributed by atoms with Gasteiger partial charge in [-0.3, -0.25) is 10.2 Å². The molecule has 0 spiro atoms. The number of H-pyrrole nitrogens is 1. The molecule has 0 bridgehead atoms. The number of fused-ring (bicyclic) bond motifs is 1. The number of aliphatic hydroxyl groups is 3. The number of amidine groups is 1. The van der Waals surface area contributed by atoms with Crippen molar-refractivity contribution in [3.63, 3.8) is 0 Å². The van der Waals surface area contributed by atoms with Crippen LogP contribution in [0.5, 0.6) is 0 Å². The van der Waals surface area contributed by atoms with Crippen LogP contribution < -0.4 is 11.3 Å². The van der Waals surface area contributed by atoms with Crippen LogP contribution in [0.2, 0.25) is 0 Å². The molecule has 0 aromatic carbocycles. The summed E-state index contributed by atoms with van der Waals surface area (Å²) in [6.07, 6.45) is -2.09. The van der Waals surface area contributed by atoms with E-state index in [9.17, 15) is 15.0 Å². The fraction of sp³-hybridized carbons (Fsp3) is 0.417. The van der Waals surface area contributed by atoms with Gasteiger partial charge in [0.05, 0.1) is 18.3 Å². The normalized spacial score (nSPS) is 27.1. The topological polar surface area (TPSA) is 170 Å². The number of nitrogens with one attached hydrogen (secondary N) is 2. The van der Waals surface area contributed by atoms with Gasteiger partial charge in [0.2, 0.25) is 0 Å². The smallest absolute Gasteiger partial charge is 0.260 e. The maximum absolute atomic E-state index is 11.9. The number of nitrogens with two attached hydrogens (primary N) is 1. The first-order valence-electron chi connectivity index (χ1n) is 6.50. The molecule has 1 aliphatic heterocycles. The van der Waals surface area contributed by atoms with Crippen LogP contribution in [0.1, 0.15) is 11.8 Å². The van der Waals surface area contributed by atoms with E-state index in [0.717, 1.165) is 0 Å². The summed E-state index contributed by atoms with van der Waals surface area (Å²) in [7, 11) is 0. The highest BCUT2D eigenvalue weighted by Crippen LogP contribution is 2.32. The third-order valence-corrected chi connectivity index (χ3v) is 3.70. The van der Waals surface area contributed by atoms with Gasteiger partial charge in [-0.05, 0) is 0 Å². The number of nitrogen functional groups attached to an aromatic ring is 1. The van der Waals surface area contributed by atoms with E-state index in [-0.39, 0.29) is 34.8 Å². The van der Waals surface area contributed by atoms with E-state index in [1.165, 1.54) is 17.1 Å². The molecule has 0 saturated carbocycles. The molecular weight excluding hydrogens is 330 g/mol. The zero-order chi connectivity index (χ0) is 16.0. The fourth-order valence-electron chi connectivity index (χ4n) is 2.60. The molecular formula is C12H16ClN5O5. The summed E-state index contributed by atoms with van der Waals surface area (Å²) in [5.41, 5.74) is 5.28. The molecule has 0 unspecified atom stereocenters. The minimum Gasteiger partial charge on any atom is -0.394 e. The first kappa shape index (κ1) is 17.4. The first-order chi connectivity index (χ1) is 10.5. The number of aromatic amines is 1. The average molecular weight is 346 g/mol. The Labute approximate surface area is 135 Å². The Morgan fingerprint density at radius 2 is 2.17 bits per heavy atom. The molecule has 2 aromatic heterocycles. The van der Waals surface area contributed by atoms with Crippen LogP contribution in [0.3, 0.4) is 0 Å². The van der Waals surface area contributed by atoms with E-state index in [4.69, 9.17) is 21.0 Å². The second kappa shape index (κ2) is 6.26. The summed E-state index contributed by atoms with van der Waals surface area (Å²) in [4.78, 5) is 18.4. The van der Waals surface area contributed by atoms with E-state index in [1.54, 1.807) is 0 Å². The zero-order valence-electron chi connectivity index (χ0n) is 11.7. The number of hydrogen-bond acceptors (Lipinski definition) is 7. The van der Waals surface area contributed by atoms with Gasteiger partial charge in [0.1, 0.15) is 29.8 Å². The number of aromatic nitrogens is 3. The summed E-state index contributed by atoms with van der Waals surface area (Å²) >= 11 is 0. The van der Waals surface area contributed by atoms with Crippen LogP contribution in [0.25, 0.3) is 11.0 Å². The van der Waals surface area contributed by atoms with E-state index in [0.29, 0.717) is 0 Å². The van der Waals surface area contributed by atoms with Crippen molar-refractivity contribution < 1.29 is 20.1 Å². The Morgan fingerprint density at radius 3 is 2.74 bits per heavy atom. The van der Waals surface area contributed by atoms with Crippen LogP contribution in [0, 0.1) is 5.41 Å². The Morgan fingerprint density at radius 1 is 1.48 bits per heavy atom. The van der Waals surface area contributed by atoms with Crippen molar-refractivity contribution in [3.8, 4) is 0 Å². The first-order valence-corrected chi connectivity index (χ1v) is 6.50. The summed E-state index contributed by atoms with van der Waals surface area (Å²) in [6.45, 7) is -0.471. The third kappa shape index (κ3) is 2.60. The number of rotatable bonds is 3. The second-order valence-corrected chi connectivity index (χ2v) is 5.02. The molecule has 0 radical (unpaired) electrons. The van der Waals surface area contributed by atoms with Crippen LogP contribution >= 0.6 is 12.4 Å². The number of nitrogens with zero attached hydrogens (tertiary/aromatic N) is 2. The largest absolute Gasteiger partial charge is 0.394 e. The van der Waals surface area contributed by atoms with Gasteiger partial charge in [-0.15, -0.1) is 12.4 Å². The SMILES string of the molecule is Cl.N=C(N)c1cn([C@@H]2O[C@H](CO)[C@@H](O)[C@H]2O)c2nc[nH]c(=O)c12. The lowest BCUT2D eigenvalue weighted by Gasteiger charge is -2.17. The van der Waals surface area contributed by atoms with Crippen LogP contribution in [-0.2, 0) is 4.74 Å². The molecule has 0 aliphatic carbocycles. The Bertz CT molecular complexity index is 790. The molecule has 4 atom stereocenters. The summed E-state index contributed by atoms with van der Waals surface area (Å²) < 4.78 is 6.74. The van der Waals surface area contributed by atoms with Gasteiger partial charge in [0, 0.05) is 11.8 Å². The van der Waals surface area contributed by atoms with Crippen LogP contribution in [0.15, 0.2) is 17.3 Å². The number of halogens is 1. The fourth-order valence-corrected chi connectivity index (χ4v) is 2.60. The lowest BCUT2D eigenvalue weighted by atomic mass is 10.1. The van der Waals surface area contributed by atoms with Crippen molar-refractivity contribution in [2.24, 2.45) is 5.73 Å². The van der Waals surface area contributed by atoms with Crippen LogP contribution in [-0.4, -0.2) is 60.6 Å². The summed E-state index contributed by atoms with van der Waals surface area (Å²) in [6, 6.07) is 0. The van der Waals surface area contributed by atoms with E-state index < -0.39 is 36.7 Å². The maximum Gasteiger partial charge on any atom is 0.260 e. The highest BCUT2D eigenvalue weighted by molar-refractivity contribution is 6.06. The molecule has 0 amide bonds. The summed E-state index contributed by atoms with van der Waals surface area (Å²) in [5.74, 6) is -0.339. The number of hydrogen-bond donors (Lipinski definition) is 6. The van der Waals surface area contributed by atoms with Crippen LogP contribution in [0.4, 0.5) is 0 Å². The molecule has 2 aromatic rings. The van der Waals surface area contributed by atoms with Gasteiger partial charge < -0.3 is 35.3 Å². The summed E-state index contributed by atoms with van der Waals surface area (Å²) in [5, 5.41) is 36.7. The van der Waals surface area contributed by atoms with Crippen molar-refractivity contribution in [1.29, 1.82) is 5.41 Å². The van der Waals surface area contributed by atoms with Crippen molar-refractivity contribution in [1.82, 2.24) is 14.5 Å². The van der Waals surface area contributed by atoms with E-state index >= 15 is 0 Å². The van der Waals surface area contributed by atoms with Gasteiger partial charge in [-0.25, -0.2) is 4.98 Å². The van der Waals surface area contributed by atoms with Gasteiger partial charge in [0.25, 0.3) is 5.56 Å². The molecule has 1 fully saturated rings. The molecule has 1 saturated heterocycles. The molecule has 3 rings (SSSR count). The average Bonchev–Trinajstić information content (AvgIpc) is 3.00. The Balaban J connectivity index is 0.00000192. The minimum absolute atomic E-state index is 0. The predicted octanol–water partition coefficient (Wildman–Crippen LogP) is -1.96. The predicted molar refractivity (Wildman–Crippen MR) is 81.6 cm³/mol. The highest BCUT2D eigenvalue weighted by atomic mass is 35.5. The molecule has 10 nitrogen and oxygen atoms in total. The zero-order valence-corrected chi connectivity index (χ0v) is 12.5. The van der Waals surface area contributed by atoms with E-state index in [1.807, 2.05) is 0 Å². The Kier molecular flexibility index (Phi) is 4.73. The lowest BCUT2D eigenvalue weighted by Crippen LogP contribution is -2.33. The highest BCUT2D eigenvalue weighted by Gasteiger charge is 2.44. The number of ether oxygens (including phenoxy) is 1. The van der Waals surface area contributed by atoms with E-state index in [2.05, 4.69) is 9.97 Å². The standard InChI is InChI=1S/C12H15N5O5.ClH/c13-9(14)4-1-17(10-6(4)11(21)16-3-15-10)12-8(20)7(19)5(2-18)22-12;/h1,3,5,7-8,12,18-20H,2H2,(H3,13,14)(H,15,16,21);1H/t5-,7-,8-,12-;/m1./s1. The molecule has 11 heteroatoms. The van der Waals surface area contributed by atoms with Crippen molar-refractivity contribution in [2.45, 2.75) is 24.5 Å². The molecule has 126 valence electrons. The number of aliphatic hydroxyl groups excluding tert-OH is 3. The lowest BCUT2D eigenvalue weighted by molar-refractivity contribution is -0.0508.